The molecule has 0 aromatic carbocycles. The lowest BCUT2D eigenvalue weighted by Crippen LogP contribution is -2.29. The first kappa shape index (κ1) is 30.1. The second kappa shape index (κ2) is 20.2. The van der Waals surface area contributed by atoms with Gasteiger partial charge in [-0.1, -0.05) is 34.3 Å². The first-order valence-corrected chi connectivity index (χ1v) is 10.1. The fourth-order valence-corrected chi connectivity index (χ4v) is 1.50. The van der Waals surface area contributed by atoms with Crippen molar-refractivity contribution in [2.24, 2.45) is 11.8 Å². The molecule has 1 N–H and O–H groups in total. The number of ether oxygens (including phenoxy) is 4. The van der Waals surface area contributed by atoms with Crippen LogP contribution in [-0.4, -0.2) is 63.5 Å². The van der Waals surface area contributed by atoms with E-state index in [1.54, 1.807) is 6.92 Å². The standard InChI is InChI=1S/C13H21NO6.C8H13NO2/c1-4-10(3)12(16)19-8-9-20-13(17)14-6-7-18-11(15)5-2;1-4-7(2)8(10)11-6-5-9-3/h5,10H,2,4,6-9H2,1,3H3,(H,14,17);7H,4-6H2,1-2H3. The molecule has 0 aliphatic rings. The predicted octanol–water partition coefficient (Wildman–Crippen LogP) is 2.53. The molecular formula is C21H34N2O8. The van der Waals surface area contributed by atoms with Crippen LogP contribution < -0.4 is 5.32 Å². The molecule has 0 aromatic heterocycles. The van der Waals surface area contributed by atoms with Gasteiger partial charge in [-0.15, -0.1) is 0 Å². The lowest BCUT2D eigenvalue weighted by Gasteiger charge is -2.10. The first-order valence-electron chi connectivity index (χ1n) is 10.1. The maximum absolute atomic E-state index is 11.3. The fraction of sp³-hybridized carbons (Fsp3) is 0.667. The summed E-state index contributed by atoms with van der Waals surface area (Å²) in [5.74, 6) is -1.27. The molecular weight excluding hydrogens is 408 g/mol. The smallest absolute Gasteiger partial charge is 0.407 e. The molecule has 10 nitrogen and oxygen atoms in total. The normalized spacial score (nSPS) is 11.3. The minimum Gasteiger partial charge on any atom is -0.462 e. The van der Waals surface area contributed by atoms with Gasteiger partial charge in [-0.25, -0.2) is 16.2 Å². The van der Waals surface area contributed by atoms with Gasteiger partial charge in [0.05, 0.1) is 18.4 Å². The number of nitrogens with zero attached hydrogens (tertiary/aromatic N) is 1. The number of hydrogen-bond acceptors (Lipinski definition) is 8. The summed E-state index contributed by atoms with van der Waals surface area (Å²) >= 11 is 0. The summed E-state index contributed by atoms with van der Waals surface area (Å²) < 4.78 is 19.1. The summed E-state index contributed by atoms with van der Waals surface area (Å²) in [5, 5.41) is 2.37. The minimum atomic E-state index is -0.667. The molecule has 0 heterocycles. The van der Waals surface area contributed by atoms with Gasteiger partial charge in [0.15, 0.2) is 6.61 Å². The van der Waals surface area contributed by atoms with Crippen LogP contribution in [0, 0.1) is 18.4 Å². The Bertz CT molecular complexity index is 601. The van der Waals surface area contributed by atoms with Gasteiger partial charge >= 0.3 is 24.0 Å². The molecule has 0 bridgehead atoms. The summed E-state index contributed by atoms with van der Waals surface area (Å²) in [6.45, 7) is 17.7. The van der Waals surface area contributed by atoms with E-state index in [4.69, 9.17) is 20.8 Å². The molecule has 0 spiro atoms. The number of hydrogen-bond donors (Lipinski definition) is 1. The molecule has 0 aliphatic heterocycles. The Hall–Kier alpha value is -3.09. The van der Waals surface area contributed by atoms with Crippen molar-refractivity contribution in [2.45, 2.75) is 40.5 Å². The molecule has 0 aromatic rings. The zero-order valence-electron chi connectivity index (χ0n) is 18.8. The lowest BCUT2D eigenvalue weighted by molar-refractivity contribution is -0.149. The number of alkyl carbamates (subject to hydrolysis) is 1. The highest BCUT2D eigenvalue weighted by Crippen LogP contribution is 2.03. The largest absolute Gasteiger partial charge is 0.462 e. The highest BCUT2D eigenvalue weighted by atomic mass is 16.6. The van der Waals surface area contributed by atoms with E-state index in [9.17, 15) is 19.2 Å². The van der Waals surface area contributed by atoms with E-state index in [2.05, 4.69) is 21.5 Å². The van der Waals surface area contributed by atoms with Crippen molar-refractivity contribution in [3.05, 3.63) is 24.1 Å². The molecule has 1 amide bonds. The second-order valence-corrected chi connectivity index (χ2v) is 6.27. The van der Waals surface area contributed by atoms with Gasteiger partial charge in [-0.2, -0.15) is 0 Å². The molecule has 176 valence electrons. The van der Waals surface area contributed by atoms with E-state index >= 15 is 0 Å². The van der Waals surface area contributed by atoms with Gasteiger partial charge in [-0.05, 0) is 12.8 Å². The monoisotopic (exact) mass is 442 g/mol. The number of carbonyl (C=O) groups is 4. The van der Waals surface area contributed by atoms with Crippen LogP contribution in [0.25, 0.3) is 4.85 Å². The SMILES string of the molecule is C=CC(=O)OCCNC(=O)OCCOC(=O)C(C)CC.[C-]#[N+]CCOC(=O)C(C)CC. The zero-order chi connectivity index (χ0) is 24.1. The molecule has 0 saturated heterocycles. The summed E-state index contributed by atoms with van der Waals surface area (Å²) in [6, 6.07) is 0. The van der Waals surface area contributed by atoms with Gasteiger partial charge in [0.2, 0.25) is 6.54 Å². The summed E-state index contributed by atoms with van der Waals surface area (Å²) in [4.78, 5) is 47.1. The van der Waals surface area contributed by atoms with E-state index in [1.165, 1.54) is 0 Å². The third-order valence-electron chi connectivity index (χ3n) is 3.82. The number of esters is 3. The van der Waals surface area contributed by atoms with E-state index in [0.29, 0.717) is 6.42 Å². The van der Waals surface area contributed by atoms with Crippen molar-refractivity contribution in [3.63, 3.8) is 0 Å². The number of amides is 1. The minimum absolute atomic E-state index is 0.0159. The third-order valence-corrected chi connectivity index (χ3v) is 3.82. The highest BCUT2D eigenvalue weighted by Gasteiger charge is 2.12. The van der Waals surface area contributed by atoms with Crippen LogP contribution in [0.15, 0.2) is 12.7 Å². The first-order chi connectivity index (χ1) is 14.7. The summed E-state index contributed by atoms with van der Waals surface area (Å²) in [6.07, 6.45) is 1.85. The predicted molar refractivity (Wildman–Crippen MR) is 113 cm³/mol. The van der Waals surface area contributed by atoms with Crippen LogP contribution in [0.5, 0.6) is 0 Å². The van der Waals surface area contributed by atoms with Gasteiger partial charge in [0.1, 0.15) is 19.8 Å². The average molecular weight is 443 g/mol. The Morgan fingerprint density at radius 2 is 1.42 bits per heavy atom. The van der Waals surface area contributed by atoms with E-state index in [1.807, 2.05) is 20.8 Å². The van der Waals surface area contributed by atoms with Crippen molar-refractivity contribution in [1.82, 2.24) is 5.32 Å². The molecule has 10 heteroatoms. The summed E-state index contributed by atoms with van der Waals surface area (Å²) in [7, 11) is 0. The number of carbonyl (C=O) groups excluding carboxylic acids is 4. The van der Waals surface area contributed by atoms with Gasteiger partial charge in [0, 0.05) is 6.08 Å². The second-order valence-electron chi connectivity index (χ2n) is 6.27. The van der Waals surface area contributed by atoms with E-state index < -0.39 is 12.1 Å². The molecule has 0 fully saturated rings. The highest BCUT2D eigenvalue weighted by molar-refractivity contribution is 5.81. The Morgan fingerprint density at radius 1 is 0.903 bits per heavy atom. The van der Waals surface area contributed by atoms with Crippen molar-refractivity contribution in [2.75, 3.05) is 39.5 Å². The molecule has 0 radical (unpaired) electrons. The molecule has 31 heavy (non-hydrogen) atoms. The molecule has 0 rings (SSSR count). The number of nitrogens with one attached hydrogen (secondary N) is 1. The number of rotatable bonds is 13. The Morgan fingerprint density at radius 3 is 1.90 bits per heavy atom. The van der Waals surface area contributed by atoms with Crippen LogP contribution >= 0.6 is 0 Å². The van der Waals surface area contributed by atoms with Crippen LogP contribution in [0.2, 0.25) is 0 Å². The van der Waals surface area contributed by atoms with Gasteiger partial charge in [0.25, 0.3) is 0 Å². The molecule has 0 aliphatic carbocycles. The van der Waals surface area contributed by atoms with Gasteiger partial charge < -0.3 is 29.1 Å². The Balaban J connectivity index is 0. The fourth-order valence-electron chi connectivity index (χ4n) is 1.50. The molecule has 0 saturated carbocycles. The van der Waals surface area contributed by atoms with Crippen LogP contribution in [0.4, 0.5) is 4.79 Å². The van der Waals surface area contributed by atoms with Crippen molar-refractivity contribution in [1.29, 1.82) is 0 Å². The van der Waals surface area contributed by atoms with Crippen LogP contribution in [-0.2, 0) is 33.3 Å². The maximum atomic E-state index is 11.3. The third kappa shape index (κ3) is 18.7. The topological polar surface area (TPSA) is 122 Å². The molecule has 2 atom stereocenters. The Labute approximate surface area is 184 Å². The maximum Gasteiger partial charge on any atom is 0.407 e. The molecule has 2 unspecified atom stereocenters. The van der Waals surface area contributed by atoms with E-state index in [-0.39, 0.29) is 63.3 Å². The van der Waals surface area contributed by atoms with Gasteiger partial charge in [-0.3, -0.25) is 9.59 Å². The average Bonchev–Trinajstić information content (AvgIpc) is 2.78. The van der Waals surface area contributed by atoms with Crippen LogP contribution in [0.1, 0.15) is 40.5 Å². The van der Waals surface area contributed by atoms with E-state index in [0.717, 1.165) is 12.5 Å². The Kier molecular flexibility index (Phi) is 19.6. The van der Waals surface area contributed by atoms with Crippen molar-refractivity contribution >= 4 is 24.0 Å². The zero-order valence-corrected chi connectivity index (χ0v) is 18.8. The van der Waals surface area contributed by atoms with Crippen molar-refractivity contribution < 1.29 is 38.1 Å². The van der Waals surface area contributed by atoms with Crippen LogP contribution in [0.3, 0.4) is 0 Å². The van der Waals surface area contributed by atoms with Crippen molar-refractivity contribution in [3.8, 4) is 0 Å². The lowest BCUT2D eigenvalue weighted by atomic mass is 10.1. The quantitative estimate of drug-likeness (QED) is 0.152. The summed E-state index contributed by atoms with van der Waals surface area (Å²) in [5.41, 5.74) is 0.